The molecular formula is C15H22N2O. The predicted octanol–water partition coefficient (Wildman–Crippen LogP) is 3.12. The van der Waals surface area contributed by atoms with Crippen molar-refractivity contribution >= 4 is 0 Å². The van der Waals surface area contributed by atoms with Crippen molar-refractivity contribution in [2.24, 2.45) is 5.92 Å². The number of ether oxygens (including phenoxy) is 1. The highest BCUT2D eigenvalue weighted by Gasteiger charge is 2.24. The molecule has 3 nitrogen and oxygen atoms in total. The molecule has 0 bridgehead atoms. The van der Waals surface area contributed by atoms with Gasteiger partial charge in [0.15, 0.2) is 0 Å². The Hall–Kier alpha value is -1.53. The predicted molar refractivity (Wildman–Crippen MR) is 73.7 cm³/mol. The quantitative estimate of drug-likeness (QED) is 0.868. The lowest BCUT2D eigenvalue weighted by Gasteiger charge is -2.25. The molecule has 0 aliphatic heterocycles. The summed E-state index contributed by atoms with van der Waals surface area (Å²) in [5.41, 5.74) is 3.44. The minimum absolute atomic E-state index is 0.00977. The van der Waals surface area contributed by atoms with E-state index in [0.29, 0.717) is 0 Å². The number of rotatable bonds is 5. The molecule has 0 aliphatic rings. The van der Waals surface area contributed by atoms with Crippen LogP contribution in [0.4, 0.5) is 0 Å². The van der Waals surface area contributed by atoms with Gasteiger partial charge >= 0.3 is 0 Å². The largest absolute Gasteiger partial charge is 0.496 e. The van der Waals surface area contributed by atoms with Gasteiger partial charge in [-0.05, 0) is 44.5 Å². The molecule has 0 aliphatic carbocycles. The number of benzene rings is 1. The minimum Gasteiger partial charge on any atom is -0.496 e. The summed E-state index contributed by atoms with van der Waals surface area (Å²) >= 11 is 0. The van der Waals surface area contributed by atoms with Gasteiger partial charge in [0.25, 0.3) is 0 Å². The first-order valence-corrected chi connectivity index (χ1v) is 6.31. The normalized spacial score (nSPS) is 13.8. The van der Waals surface area contributed by atoms with Gasteiger partial charge in [-0.15, -0.1) is 0 Å². The second kappa shape index (κ2) is 6.42. The fourth-order valence-electron chi connectivity index (χ4n) is 2.46. The van der Waals surface area contributed by atoms with E-state index in [1.165, 1.54) is 11.1 Å². The molecule has 18 heavy (non-hydrogen) atoms. The van der Waals surface area contributed by atoms with Crippen molar-refractivity contribution < 1.29 is 4.74 Å². The van der Waals surface area contributed by atoms with E-state index >= 15 is 0 Å². The van der Waals surface area contributed by atoms with Crippen molar-refractivity contribution in [2.45, 2.75) is 33.2 Å². The number of methoxy groups -OCH3 is 1. The molecule has 1 N–H and O–H groups in total. The smallest absolute Gasteiger partial charge is 0.124 e. The topological polar surface area (TPSA) is 45.0 Å². The lowest BCUT2D eigenvalue weighted by atomic mass is 9.88. The van der Waals surface area contributed by atoms with Gasteiger partial charge in [-0.3, -0.25) is 0 Å². The number of nitrogens with zero attached hydrogens (tertiary/aromatic N) is 1. The zero-order valence-electron chi connectivity index (χ0n) is 11.9. The summed E-state index contributed by atoms with van der Waals surface area (Å²) in [5.74, 6) is 0.811. The van der Waals surface area contributed by atoms with Crippen LogP contribution in [-0.2, 0) is 0 Å². The van der Waals surface area contributed by atoms with E-state index in [4.69, 9.17) is 4.74 Å². The number of hydrogen-bond acceptors (Lipinski definition) is 3. The maximum Gasteiger partial charge on any atom is 0.124 e. The third kappa shape index (κ3) is 2.83. The molecule has 1 rings (SSSR count). The molecule has 0 saturated heterocycles. The molecule has 0 heterocycles. The fraction of sp³-hybridized carbons (Fsp3) is 0.533. The van der Waals surface area contributed by atoms with E-state index in [9.17, 15) is 5.26 Å². The van der Waals surface area contributed by atoms with Crippen LogP contribution >= 0.6 is 0 Å². The van der Waals surface area contributed by atoms with Crippen LogP contribution in [0.25, 0.3) is 0 Å². The lowest BCUT2D eigenvalue weighted by Crippen LogP contribution is -2.25. The molecule has 1 aromatic carbocycles. The van der Waals surface area contributed by atoms with Gasteiger partial charge in [-0.25, -0.2) is 0 Å². The third-order valence-electron chi connectivity index (χ3n) is 3.34. The van der Waals surface area contributed by atoms with Crippen LogP contribution in [0.15, 0.2) is 12.1 Å². The number of hydrogen-bond donors (Lipinski definition) is 1. The Labute approximate surface area is 110 Å². The SMILES string of the molecule is CCC(C#N)C(NC)c1c(C)cc(C)cc1OC. The number of nitrogens with one attached hydrogen (secondary N) is 1. The van der Waals surface area contributed by atoms with Crippen molar-refractivity contribution in [1.29, 1.82) is 5.26 Å². The first-order chi connectivity index (χ1) is 8.58. The Morgan fingerprint density at radius 1 is 1.39 bits per heavy atom. The molecule has 0 saturated carbocycles. The van der Waals surface area contributed by atoms with E-state index < -0.39 is 0 Å². The van der Waals surface area contributed by atoms with Crippen molar-refractivity contribution in [1.82, 2.24) is 5.32 Å². The molecule has 0 aromatic heterocycles. The molecule has 2 atom stereocenters. The zero-order valence-corrected chi connectivity index (χ0v) is 11.9. The Balaban J connectivity index is 3.33. The highest BCUT2D eigenvalue weighted by molar-refractivity contribution is 5.45. The molecule has 3 heteroatoms. The molecular weight excluding hydrogens is 224 g/mol. The van der Waals surface area contributed by atoms with E-state index in [2.05, 4.69) is 31.3 Å². The molecule has 0 spiro atoms. The van der Waals surface area contributed by atoms with E-state index in [1.54, 1.807) is 7.11 Å². The first kappa shape index (κ1) is 14.5. The fourth-order valence-corrected chi connectivity index (χ4v) is 2.46. The molecule has 0 amide bonds. The molecule has 2 unspecified atom stereocenters. The van der Waals surface area contributed by atoms with Crippen molar-refractivity contribution in [3.63, 3.8) is 0 Å². The van der Waals surface area contributed by atoms with Crippen molar-refractivity contribution in [3.05, 3.63) is 28.8 Å². The first-order valence-electron chi connectivity index (χ1n) is 6.31. The molecule has 0 fully saturated rings. The summed E-state index contributed by atoms with van der Waals surface area (Å²) in [6.45, 7) is 6.16. The van der Waals surface area contributed by atoms with E-state index in [0.717, 1.165) is 17.7 Å². The average molecular weight is 246 g/mol. The van der Waals surface area contributed by atoms with Gasteiger partial charge in [-0.1, -0.05) is 13.0 Å². The summed E-state index contributed by atoms with van der Waals surface area (Å²) in [5, 5.41) is 12.5. The monoisotopic (exact) mass is 246 g/mol. The second-order valence-electron chi connectivity index (χ2n) is 4.61. The van der Waals surface area contributed by atoms with E-state index in [1.807, 2.05) is 20.0 Å². The standard InChI is InChI=1S/C15H22N2O/c1-6-12(9-16)15(17-4)14-11(3)7-10(2)8-13(14)18-5/h7-8,12,15,17H,6H2,1-5H3. The summed E-state index contributed by atoms with van der Waals surface area (Å²) < 4.78 is 5.48. The van der Waals surface area contributed by atoms with Crippen LogP contribution in [0.3, 0.4) is 0 Å². The Morgan fingerprint density at radius 3 is 2.50 bits per heavy atom. The summed E-state index contributed by atoms with van der Waals surface area (Å²) in [6, 6.07) is 6.54. The number of aryl methyl sites for hydroxylation is 2. The van der Waals surface area contributed by atoms with Gasteiger partial charge in [0, 0.05) is 5.56 Å². The number of nitriles is 1. The molecule has 98 valence electrons. The summed E-state index contributed by atoms with van der Waals surface area (Å²) in [7, 11) is 3.57. The third-order valence-corrected chi connectivity index (χ3v) is 3.34. The van der Waals surface area contributed by atoms with Crippen LogP contribution in [0.2, 0.25) is 0 Å². The average Bonchev–Trinajstić information content (AvgIpc) is 2.36. The van der Waals surface area contributed by atoms with Crippen molar-refractivity contribution in [2.75, 3.05) is 14.2 Å². The van der Waals surface area contributed by atoms with Gasteiger partial charge in [0.1, 0.15) is 5.75 Å². The second-order valence-corrected chi connectivity index (χ2v) is 4.61. The van der Waals surface area contributed by atoms with Crippen LogP contribution in [0, 0.1) is 31.1 Å². The highest BCUT2D eigenvalue weighted by atomic mass is 16.5. The van der Waals surface area contributed by atoms with E-state index in [-0.39, 0.29) is 12.0 Å². The lowest BCUT2D eigenvalue weighted by molar-refractivity contribution is 0.382. The highest BCUT2D eigenvalue weighted by Crippen LogP contribution is 2.34. The summed E-state index contributed by atoms with van der Waals surface area (Å²) in [4.78, 5) is 0. The zero-order chi connectivity index (χ0) is 13.7. The van der Waals surface area contributed by atoms with Crippen molar-refractivity contribution in [3.8, 4) is 11.8 Å². The Kier molecular flexibility index (Phi) is 5.18. The van der Waals surface area contributed by atoms with Crippen LogP contribution in [0.5, 0.6) is 5.75 Å². The summed E-state index contributed by atoms with van der Waals surface area (Å²) in [6.07, 6.45) is 0.818. The van der Waals surface area contributed by atoms with Gasteiger partial charge in [0.2, 0.25) is 0 Å². The maximum absolute atomic E-state index is 9.27. The van der Waals surface area contributed by atoms with Gasteiger partial charge in [-0.2, -0.15) is 5.26 Å². The van der Waals surface area contributed by atoms with Gasteiger partial charge < -0.3 is 10.1 Å². The van der Waals surface area contributed by atoms with Crippen LogP contribution in [0.1, 0.15) is 36.1 Å². The maximum atomic E-state index is 9.27. The Morgan fingerprint density at radius 2 is 2.06 bits per heavy atom. The van der Waals surface area contributed by atoms with Gasteiger partial charge in [0.05, 0.1) is 25.1 Å². The Bertz CT molecular complexity index is 449. The van der Waals surface area contributed by atoms with Crippen LogP contribution in [-0.4, -0.2) is 14.2 Å². The molecule has 1 aromatic rings. The molecule has 0 radical (unpaired) electrons. The minimum atomic E-state index is -0.0506. The van der Waals surface area contributed by atoms with Crippen LogP contribution < -0.4 is 10.1 Å².